The van der Waals surface area contributed by atoms with Crippen molar-refractivity contribution >= 4 is 11.6 Å². The third-order valence-corrected chi connectivity index (χ3v) is 4.17. The predicted molar refractivity (Wildman–Crippen MR) is 91.1 cm³/mol. The molecule has 1 N–H and O–H groups in total. The van der Waals surface area contributed by atoms with Crippen molar-refractivity contribution in [1.82, 2.24) is 10.2 Å². The van der Waals surface area contributed by atoms with E-state index < -0.39 is 4.92 Å². The number of ether oxygens (including phenoxy) is 1. The second-order valence-electron chi connectivity index (χ2n) is 5.89. The van der Waals surface area contributed by atoms with Crippen molar-refractivity contribution in [2.45, 2.75) is 38.6 Å². The number of nitrogens with one attached hydrogen (secondary N) is 1. The van der Waals surface area contributed by atoms with Gasteiger partial charge in [0.15, 0.2) is 5.75 Å². The molecule has 0 atom stereocenters. The van der Waals surface area contributed by atoms with Crippen LogP contribution in [-0.2, 0) is 4.79 Å². The Morgan fingerprint density at radius 2 is 2.08 bits per heavy atom. The van der Waals surface area contributed by atoms with Crippen LogP contribution in [0.5, 0.6) is 5.75 Å². The first kappa shape index (κ1) is 18.2. The maximum atomic E-state index is 12.5. The SMILES string of the molecule is CCCN(C(=O)CCOc1ccccc1[N+](=O)[O-])C1CCNCC1. The van der Waals surface area contributed by atoms with Gasteiger partial charge in [-0.1, -0.05) is 19.1 Å². The Bertz CT molecular complexity index is 559. The third kappa shape index (κ3) is 4.92. The van der Waals surface area contributed by atoms with E-state index in [1.165, 1.54) is 6.07 Å². The molecule has 1 saturated heterocycles. The zero-order valence-electron chi connectivity index (χ0n) is 14.1. The molecule has 1 aromatic carbocycles. The largest absolute Gasteiger partial charge is 0.486 e. The Hall–Kier alpha value is -2.15. The summed E-state index contributed by atoms with van der Waals surface area (Å²) < 4.78 is 5.48. The number of hydrogen-bond acceptors (Lipinski definition) is 5. The van der Waals surface area contributed by atoms with Crippen LogP contribution in [0.1, 0.15) is 32.6 Å². The van der Waals surface area contributed by atoms with Crippen LogP contribution in [0.2, 0.25) is 0 Å². The Kier molecular flexibility index (Phi) is 6.99. The van der Waals surface area contributed by atoms with Crippen molar-refractivity contribution in [3.63, 3.8) is 0 Å². The van der Waals surface area contributed by atoms with Crippen molar-refractivity contribution in [3.05, 3.63) is 34.4 Å². The molecule has 0 unspecified atom stereocenters. The minimum absolute atomic E-state index is 0.0577. The van der Waals surface area contributed by atoms with Crippen LogP contribution in [-0.4, -0.2) is 48.0 Å². The van der Waals surface area contributed by atoms with Crippen molar-refractivity contribution < 1.29 is 14.5 Å². The van der Waals surface area contributed by atoms with Gasteiger partial charge in [0.2, 0.25) is 5.91 Å². The fourth-order valence-corrected chi connectivity index (χ4v) is 2.99. The lowest BCUT2D eigenvalue weighted by Crippen LogP contribution is -2.46. The van der Waals surface area contributed by atoms with Crippen molar-refractivity contribution in [1.29, 1.82) is 0 Å². The molecule has 132 valence electrons. The quantitative estimate of drug-likeness (QED) is 0.582. The first-order valence-electron chi connectivity index (χ1n) is 8.50. The van der Waals surface area contributed by atoms with E-state index >= 15 is 0 Å². The van der Waals surface area contributed by atoms with Gasteiger partial charge in [-0.25, -0.2) is 0 Å². The van der Waals surface area contributed by atoms with Gasteiger partial charge in [0.05, 0.1) is 18.0 Å². The van der Waals surface area contributed by atoms with Gasteiger partial charge >= 0.3 is 5.69 Å². The lowest BCUT2D eigenvalue weighted by Gasteiger charge is -2.34. The molecular weight excluding hydrogens is 310 g/mol. The second-order valence-corrected chi connectivity index (χ2v) is 5.89. The van der Waals surface area contributed by atoms with E-state index in [-0.39, 0.29) is 36.4 Å². The highest BCUT2D eigenvalue weighted by Gasteiger charge is 2.24. The first-order valence-corrected chi connectivity index (χ1v) is 8.50. The molecule has 24 heavy (non-hydrogen) atoms. The Balaban J connectivity index is 1.90. The first-order chi connectivity index (χ1) is 11.6. The topological polar surface area (TPSA) is 84.7 Å². The summed E-state index contributed by atoms with van der Waals surface area (Å²) in [5.41, 5.74) is -0.0753. The molecule has 0 radical (unpaired) electrons. The van der Waals surface area contributed by atoms with Gasteiger partial charge in [0, 0.05) is 18.7 Å². The Morgan fingerprint density at radius 3 is 2.75 bits per heavy atom. The van der Waals surface area contributed by atoms with Gasteiger partial charge in [0.1, 0.15) is 0 Å². The minimum atomic E-state index is -0.477. The fraction of sp³-hybridized carbons (Fsp3) is 0.588. The smallest absolute Gasteiger partial charge is 0.310 e. The van der Waals surface area contributed by atoms with Crippen molar-refractivity contribution in [3.8, 4) is 5.75 Å². The van der Waals surface area contributed by atoms with Gasteiger partial charge in [0.25, 0.3) is 0 Å². The Morgan fingerprint density at radius 1 is 1.38 bits per heavy atom. The monoisotopic (exact) mass is 335 g/mol. The lowest BCUT2D eigenvalue weighted by atomic mass is 10.0. The number of piperidine rings is 1. The third-order valence-electron chi connectivity index (χ3n) is 4.17. The summed E-state index contributed by atoms with van der Waals surface area (Å²) >= 11 is 0. The van der Waals surface area contributed by atoms with E-state index in [1.807, 2.05) is 4.90 Å². The van der Waals surface area contributed by atoms with Gasteiger partial charge in [-0.05, 0) is 38.4 Å². The number of nitrogens with zero attached hydrogens (tertiary/aromatic N) is 2. The number of para-hydroxylation sites is 2. The van der Waals surface area contributed by atoms with E-state index in [0.717, 1.165) is 38.9 Å². The number of nitro benzene ring substituents is 1. The molecule has 0 bridgehead atoms. The van der Waals surface area contributed by atoms with Crippen LogP contribution in [0.3, 0.4) is 0 Å². The summed E-state index contributed by atoms with van der Waals surface area (Å²) in [4.78, 5) is 25.0. The molecule has 1 aliphatic rings. The van der Waals surface area contributed by atoms with E-state index in [2.05, 4.69) is 12.2 Å². The van der Waals surface area contributed by atoms with Gasteiger partial charge in [-0.3, -0.25) is 14.9 Å². The van der Waals surface area contributed by atoms with Crippen LogP contribution < -0.4 is 10.1 Å². The average molecular weight is 335 g/mol. The molecule has 1 heterocycles. The molecule has 1 aromatic rings. The molecule has 0 saturated carbocycles. The van der Waals surface area contributed by atoms with Gasteiger partial charge in [-0.15, -0.1) is 0 Å². The number of benzene rings is 1. The molecule has 2 rings (SSSR count). The average Bonchev–Trinajstić information content (AvgIpc) is 2.60. The maximum absolute atomic E-state index is 12.5. The summed E-state index contributed by atoms with van der Waals surface area (Å²) in [6.45, 7) is 4.82. The molecule has 1 aliphatic heterocycles. The van der Waals surface area contributed by atoms with Crippen LogP contribution in [0.4, 0.5) is 5.69 Å². The van der Waals surface area contributed by atoms with E-state index in [0.29, 0.717) is 0 Å². The minimum Gasteiger partial charge on any atom is -0.486 e. The number of carbonyl (C=O) groups is 1. The molecular formula is C17H25N3O4. The summed E-state index contributed by atoms with van der Waals surface area (Å²) in [6.07, 6.45) is 3.09. The molecule has 7 heteroatoms. The molecule has 7 nitrogen and oxygen atoms in total. The van der Waals surface area contributed by atoms with Crippen LogP contribution in [0.15, 0.2) is 24.3 Å². The van der Waals surface area contributed by atoms with Crippen molar-refractivity contribution in [2.24, 2.45) is 0 Å². The fourth-order valence-electron chi connectivity index (χ4n) is 2.99. The lowest BCUT2D eigenvalue weighted by molar-refractivity contribution is -0.385. The highest BCUT2D eigenvalue weighted by atomic mass is 16.6. The highest BCUT2D eigenvalue weighted by Crippen LogP contribution is 2.26. The molecule has 0 aliphatic carbocycles. The summed E-state index contributed by atoms with van der Waals surface area (Å²) in [7, 11) is 0. The Labute approximate surface area is 142 Å². The number of amides is 1. The number of carbonyl (C=O) groups excluding carboxylic acids is 1. The summed E-state index contributed by atoms with van der Waals surface area (Å²) in [5.74, 6) is 0.265. The number of hydrogen-bond donors (Lipinski definition) is 1. The van der Waals surface area contributed by atoms with Gasteiger partial charge in [-0.2, -0.15) is 0 Å². The van der Waals surface area contributed by atoms with Crippen LogP contribution in [0.25, 0.3) is 0 Å². The van der Waals surface area contributed by atoms with E-state index in [9.17, 15) is 14.9 Å². The van der Waals surface area contributed by atoms with E-state index in [1.54, 1.807) is 18.2 Å². The molecule has 0 aromatic heterocycles. The van der Waals surface area contributed by atoms with Crippen LogP contribution in [0, 0.1) is 10.1 Å². The predicted octanol–water partition coefficient (Wildman–Crippen LogP) is 2.35. The second kappa shape index (κ2) is 9.22. The number of rotatable bonds is 8. The van der Waals surface area contributed by atoms with Crippen LogP contribution >= 0.6 is 0 Å². The highest BCUT2D eigenvalue weighted by molar-refractivity contribution is 5.76. The molecule has 1 fully saturated rings. The molecule has 0 spiro atoms. The zero-order chi connectivity index (χ0) is 17.4. The van der Waals surface area contributed by atoms with Gasteiger partial charge < -0.3 is 15.0 Å². The summed E-state index contributed by atoms with van der Waals surface area (Å²) in [6, 6.07) is 6.51. The molecule has 1 amide bonds. The maximum Gasteiger partial charge on any atom is 0.310 e. The van der Waals surface area contributed by atoms with Crippen molar-refractivity contribution in [2.75, 3.05) is 26.2 Å². The standard InChI is InChI=1S/C17H25N3O4/c1-2-12-19(14-7-10-18-11-8-14)17(21)9-13-24-16-6-4-3-5-15(16)20(22)23/h3-6,14,18H,2,7-13H2,1H3. The summed E-state index contributed by atoms with van der Waals surface area (Å²) in [5, 5.41) is 14.3. The zero-order valence-corrected chi connectivity index (χ0v) is 14.1. The number of nitro groups is 1. The normalized spacial score (nSPS) is 15.0. The van der Waals surface area contributed by atoms with E-state index in [4.69, 9.17) is 4.74 Å².